The van der Waals surface area contributed by atoms with Gasteiger partial charge in [0.05, 0.1) is 4.90 Å². The lowest BCUT2D eigenvalue weighted by molar-refractivity contribution is 0.245. The van der Waals surface area contributed by atoms with Gasteiger partial charge in [0.15, 0.2) is 0 Å². The van der Waals surface area contributed by atoms with Crippen LogP contribution in [0, 0.1) is 13.8 Å². The fraction of sp³-hybridized carbons (Fsp3) is 0.188. The SMILES string of the molecule is Cc1ccc(S(=O)(=O)NC(=O)NCc2cccc(C)c2)cc1. The molecule has 2 aromatic carbocycles. The van der Waals surface area contributed by atoms with E-state index in [4.69, 9.17) is 0 Å². The highest BCUT2D eigenvalue weighted by Gasteiger charge is 2.16. The number of nitrogens with one attached hydrogen (secondary N) is 2. The molecule has 0 aromatic heterocycles. The predicted octanol–water partition coefficient (Wildman–Crippen LogP) is 2.49. The molecule has 0 saturated heterocycles. The fourth-order valence-corrected chi connectivity index (χ4v) is 2.87. The van der Waals surface area contributed by atoms with Gasteiger partial charge in [-0.2, -0.15) is 0 Å². The van der Waals surface area contributed by atoms with Crippen molar-refractivity contribution in [3.05, 3.63) is 65.2 Å². The third-order valence-corrected chi connectivity index (χ3v) is 4.44. The third-order valence-electron chi connectivity index (χ3n) is 3.09. The minimum Gasteiger partial charge on any atom is -0.333 e. The second kappa shape index (κ2) is 6.62. The lowest BCUT2D eigenvalue weighted by Crippen LogP contribution is -2.39. The highest BCUT2D eigenvalue weighted by Crippen LogP contribution is 2.09. The summed E-state index contributed by atoms with van der Waals surface area (Å²) in [6.45, 7) is 4.07. The number of hydrogen-bond acceptors (Lipinski definition) is 3. The fourth-order valence-electron chi connectivity index (χ4n) is 1.94. The van der Waals surface area contributed by atoms with Crippen molar-refractivity contribution < 1.29 is 13.2 Å². The molecule has 116 valence electrons. The highest BCUT2D eigenvalue weighted by molar-refractivity contribution is 7.90. The van der Waals surface area contributed by atoms with E-state index in [1.807, 2.05) is 42.8 Å². The highest BCUT2D eigenvalue weighted by atomic mass is 32.2. The molecule has 0 radical (unpaired) electrons. The molecule has 5 nitrogen and oxygen atoms in total. The van der Waals surface area contributed by atoms with Gasteiger partial charge in [0.25, 0.3) is 10.0 Å². The molecular formula is C16H18N2O3S. The van der Waals surface area contributed by atoms with Gasteiger partial charge in [-0.1, -0.05) is 47.5 Å². The average molecular weight is 318 g/mol. The van der Waals surface area contributed by atoms with Crippen molar-refractivity contribution in [2.24, 2.45) is 0 Å². The quantitative estimate of drug-likeness (QED) is 0.909. The van der Waals surface area contributed by atoms with Crippen LogP contribution in [0.1, 0.15) is 16.7 Å². The van der Waals surface area contributed by atoms with Crippen molar-refractivity contribution in [3.8, 4) is 0 Å². The van der Waals surface area contributed by atoms with Gasteiger partial charge in [0.2, 0.25) is 0 Å². The van der Waals surface area contributed by atoms with Gasteiger partial charge >= 0.3 is 6.03 Å². The number of amides is 2. The minimum atomic E-state index is -3.85. The first kappa shape index (κ1) is 16.0. The van der Waals surface area contributed by atoms with Gasteiger partial charge in [-0.05, 0) is 31.5 Å². The predicted molar refractivity (Wildman–Crippen MR) is 84.9 cm³/mol. The van der Waals surface area contributed by atoms with E-state index in [1.54, 1.807) is 12.1 Å². The maximum atomic E-state index is 12.0. The normalized spacial score (nSPS) is 11.0. The van der Waals surface area contributed by atoms with Crippen molar-refractivity contribution in [2.45, 2.75) is 25.3 Å². The first-order valence-corrected chi connectivity index (χ1v) is 8.28. The summed E-state index contributed by atoms with van der Waals surface area (Å²) in [5, 5.41) is 2.53. The molecular weight excluding hydrogens is 300 g/mol. The number of hydrogen-bond donors (Lipinski definition) is 2. The Balaban J connectivity index is 1.97. The van der Waals surface area contributed by atoms with Gasteiger partial charge in [0.1, 0.15) is 0 Å². The van der Waals surface area contributed by atoms with E-state index >= 15 is 0 Å². The molecule has 0 heterocycles. The van der Waals surface area contributed by atoms with E-state index < -0.39 is 16.1 Å². The number of carbonyl (C=O) groups is 1. The van der Waals surface area contributed by atoms with Crippen molar-refractivity contribution >= 4 is 16.1 Å². The van der Waals surface area contributed by atoms with E-state index in [9.17, 15) is 13.2 Å². The maximum Gasteiger partial charge on any atom is 0.328 e. The van der Waals surface area contributed by atoms with Crippen LogP contribution in [0.25, 0.3) is 0 Å². The first-order chi connectivity index (χ1) is 10.4. The first-order valence-electron chi connectivity index (χ1n) is 6.80. The Hall–Kier alpha value is -2.34. The van der Waals surface area contributed by atoms with Gasteiger partial charge in [0, 0.05) is 6.54 Å². The molecule has 0 fully saturated rings. The summed E-state index contributed by atoms with van der Waals surface area (Å²) in [4.78, 5) is 11.8. The topological polar surface area (TPSA) is 75.3 Å². The molecule has 0 saturated carbocycles. The van der Waals surface area contributed by atoms with Crippen LogP contribution in [0.2, 0.25) is 0 Å². The zero-order valence-electron chi connectivity index (χ0n) is 12.5. The number of benzene rings is 2. The molecule has 2 amide bonds. The van der Waals surface area contributed by atoms with Crippen LogP contribution in [0.3, 0.4) is 0 Å². The van der Waals surface area contributed by atoms with E-state index in [-0.39, 0.29) is 11.4 Å². The number of aryl methyl sites for hydroxylation is 2. The molecule has 0 aliphatic heterocycles. The van der Waals surface area contributed by atoms with Crippen LogP contribution in [-0.4, -0.2) is 14.4 Å². The maximum absolute atomic E-state index is 12.0. The van der Waals surface area contributed by atoms with Crippen LogP contribution in [0.5, 0.6) is 0 Å². The smallest absolute Gasteiger partial charge is 0.328 e. The summed E-state index contributed by atoms with van der Waals surface area (Å²) in [5.74, 6) is 0. The number of carbonyl (C=O) groups excluding carboxylic acids is 1. The Morgan fingerprint density at radius 2 is 1.68 bits per heavy atom. The lowest BCUT2D eigenvalue weighted by Gasteiger charge is -2.09. The van der Waals surface area contributed by atoms with Crippen molar-refractivity contribution in [1.82, 2.24) is 10.0 Å². The molecule has 0 bridgehead atoms. The second-order valence-corrected chi connectivity index (χ2v) is 6.77. The van der Waals surface area contributed by atoms with E-state index in [0.717, 1.165) is 16.7 Å². The van der Waals surface area contributed by atoms with Crippen molar-refractivity contribution in [3.63, 3.8) is 0 Å². The Labute approximate surface area is 130 Å². The zero-order valence-corrected chi connectivity index (χ0v) is 13.3. The number of sulfonamides is 1. The van der Waals surface area contributed by atoms with Crippen molar-refractivity contribution in [2.75, 3.05) is 0 Å². The Morgan fingerprint density at radius 1 is 1.00 bits per heavy atom. The minimum absolute atomic E-state index is 0.0591. The van der Waals surface area contributed by atoms with Gasteiger partial charge in [-0.25, -0.2) is 17.9 Å². The molecule has 2 N–H and O–H groups in total. The molecule has 0 aliphatic rings. The largest absolute Gasteiger partial charge is 0.333 e. The number of urea groups is 1. The summed E-state index contributed by atoms with van der Waals surface area (Å²) < 4.78 is 26.1. The summed E-state index contributed by atoms with van der Waals surface area (Å²) >= 11 is 0. The molecule has 2 aromatic rings. The van der Waals surface area contributed by atoms with Crippen molar-refractivity contribution in [1.29, 1.82) is 0 Å². The van der Waals surface area contributed by atoms with Crippen LogP contribution in [0.4, 0.5) is 4.79 Å². The van der Waals surface area contributed by atoms with Gasteiger partial charge in [-0.15, -0.1) is 0 Å². The summed E-state index contributed by atoms with van der Waals surface area (Å²) in [5.41, 5.74) is 2.93. The second-order valence-electron chi connectivity index (χ2n) is 5.09. The molecule has 0 aliphatic carbocycles. The Kier molecular flexibility index (Phi) is 4.82. The van der Waals surface area contributed by atoms with Crippen LogP contribution < -0.4 is 10.0 Å². The summed E-state index contributed by atoms with van der Waals surface area (Å²) in [7, 11) is -3.85. The standard InChI is InChI=1S/C16H18N2O3S/c1-12-6-8-15(9-7-12)22(20,21)18-16(19)17-11-14-5-3-4-13(2)10-14/h3-10H,11H2,1-2H3,(H2,17,18,19). The number of rotatable bonds is 4. The van der Waals surface area contributed by atoms with Gasteiger partial charge in [-0.3, -0.25) is 0 Å². The molecule has 0 atom stereocenters. The molecule has 6 heteroatoms. The molecule has 0 unspecified atom stereocenters. The molecule has 0 spiro atoms. The van der Waals surface area contributed by atoms with E-state index in [1.165, 1.54) is 12.1 Å². The van der Waals surface area contributed by atoms with Crippen LogP contribution in [-0.2, 0) is 16.6 Å². The summed E-state index contributed by atoms with van der Waals surface area (Å²) in [6, 6.07) is 13.2. The zero-order chi connectivity index (χ0) is 16.2. The third kappa shape index (κ3) is 4.33. The monoisotopic (exact) mass is 318 g/mol. The van der Waals surface area contributed by atoms with E-state index in [2.05, 4.69) is 5.32 Å². The molecule has 2 rings (SSSR count). The average Bonchev–Trinajstić information content (AvgIpc) is 2.45. The Morgan fingerprint density at radius 3 is 2.32 bits per heavy atom. The van der Waals surface area contributed by atoms with E-state index in [0.29, 0.717) is 0 Å². The van der Waals surface area contributed by atoms with Crippen LogP contribution >= 0.6 is 0 Å². The molecule has 22 heavy (non-hydrogen) atoms. The van der Waals surface area contributed by atoms with Crippen LogP contribution in [0.15, 0.2) is 53.4 Å². The Bertz CT molecular complexity index is 768. The van der Waals surface area contributed by atoms with Gasteiger partial charge < -0.3 is 5.32 Å². The lowest BCUT2D eigenvalue weighted by atomic mass is 10.1. The summed E-state index contributed by atoms with van der Waals surface area (Å²) in [6.07, 6.45) is 0.